The molecule has 1 aromatic rings. The van der Waals surface area contributed by atoms with E-state index >= 15 is 0 Å². The number of benzene rings is 1. The fraction of sp³-hybridized carbons (Fsp3) is 0.600. The molecule has 0 aromatic heterocycles. The van der Waals surface area contributed by atoms with Crippen molar-refractivity contribution in [3.8, 4) is 0 Å². The molecule has 0 N–H and O–H groups in total. The molecule has 1 nitrogen and oxygen atoms in total. The summed E-state index contributed by atoms with van der Waals surface area (Å²) in [5, 5.41) is 1.10. The standard InChI is InChI=1S/C15H23BrO/c1-14(9-11-16)10-13-17-12-5-8-15-6-3-2-4-7-15/h2-4,6-7,14H,5,8-13H2,1H3. The smallest absolute Gasteiger partial charge is 0.0469 e. The summed E-state index contributed by atoms with van der Waals surface area (Å²) >= 11 is 3.47. The summed E-state index contributed by atoms with van der Waals surface area (Å²) in [5.74, 6) is 0.767. The number of hydrogen-bond donors (Lipinski definition) is 0. The molecule has 0 aliphatic carbocycles. The summed E-state index contributed by atoms with van der Waals surface area (Å²) in [6.45, 7) is 4.08. The first kappa shape index (κ1) is 14.7. The van der Waals surface area contributed by atoms with Crippen molar-refractivity contribution in [1.29, 1.82) is 0 Å². The molecule has 0 saturated carbocycles. The summed E-state index contributed by atoms with van der Waals surface area (Å²) in [7, 11) is 0. The van der Waals surface area contributed by atoms with Crippen molar-refractivity contribution in [3.63, 3.8) is 0 Å². The number of hydrogen-bond acceptors (Lipinski definition) is 1. The highest BCUT2D eigenvalue weighted by atomic mass is 79.9. The van der Waals surface area contributed by atoms with Gasteiger partial charge in [-0.3, -0.25) is 0 Å². The van der Waals surface area contributed by atoms with Crippen LogP contribution in [-0.4, -0.2) is 18.5 Å². The predicted octanol–water partition coefficient (Wildman–Crippen LogP) is 4.45. The van der Waals surface area contributed by atoms with Crippen LogP contribution in [0.3, 0.4) is 0 Å². The van der Waals surface area contributed by atoms with Gasteiger partial charge in [0.05, 0.1) is 0 Å². The average Bonchev–Trinajstić information content (AvgIpc) is 2.35. The van der Waals surface area contributed by atoms with Crippen LogP contribution in [0.25, 0.3) is 0 Å². The molecular weight excluding hydrogens is 276 g/mol. The summed E-state index contributed by atoms with van der Waals surface area (Å²) in [4.78, 5) is 0. The van der Waals surface area contributed by atoms with Gasteiger partial charge in [-0.15, -0.1) is 0 Å². The third-order valence-corrected chi connectivity index (χ3v) is 3.41. The summed E-state index contributed by atoms with van der Waals surface area (Å²) < 4.78 is 5.66. The Morgan fingerprint density at radius 1 is 1.12 bits per heavy atom. The maximum absolute atomic E-state index is 5.66. The Morgan fingerprint density at radius 2 is 1.88 bits per heavy atom. The van der Waals surface area contributed by atoms with Gasteiger partial charge in [0.1, 0.15) is 0 Å². The Bertz CT molecular complexity index is 274. The first-order valence-corrected chi connectivity index (χ1v) is 7.62. The molecule has 0 saturated heterocycles. The molecule has 1 aromatic carbocycles. The Kier molecular flexibility index (Phi) is 8.37. The molecule has 0 radical (unpaired) electrons. The third kappa shape index (κ3) is 7.56. The van der Waals surface area contributed by atoms with Gasteiger partial charge in [0.15, 0.2) is 0 Å². The van der Waals surface area contributed by atoms with E-state index in [0.717, 1.165) is 37.3 Å². The Hall–Kier alpha value is -0.340. The largest absolute Gasteiger partial charge is 0.381 e. The quantitative estimate of drug-likeness (QED) is 0.483. The molecule has 1 atom stereocenters. The molecule has 2 heteroatoms. The second-order valence-corrected chi connectivity index (χ2v) is 5.37. The number of rotatable bonds is 9. The molecular formula is C15H23BrO. The normalized spacial score (nSPS) is 12.6. The maximum Gasteiger partial charge on any atom is 0.0469 e. The summed E-state index contributed by atoms with van der Waals surface area (Å²) in [6, 6.07) is 10.6. The molecule has 0 bridgehead atoms. The van der Waals surface area contributed by atoms with Gasteiger partial charge in [-0.2, -0.15) is 0 Å². The first-order chi connectivity index (χ1) is 8.33. The van der Waals surface area contributed by atoms with E-state index < -0.39 is 0 Å². The fourth-order valence-corrected chi connectivity index (χ4v) is 2.52. The van der Waals surface area contributed by atoms with Crippen molar-refractivity contribution in [2.24, 2.45) is 5.92 Å². The van der Waals surface area contributed by atoms with E-state index in [1.165, 1.54) is 18.4 Å². The lowest BCUT2D eigenvalue weighted by molar-refractivity contribution is 0.119. The molecule has 0 fully saturated rings. The minimum Gasteiger partial charge on any atom is -0.381 e. The van der Waals surface area contributed by atoms with Crippen molar-refractivity contribution < 1.29 is 4.74 Å². The van der Waals surface area contributed by atoms with Crippen molar-refractivity contribution in [2.75, 3.05) is 18.5 Å². The highest BCUT2D eigenvalue weighted by molar-refractivity contribution is 9.09. The topological polar surface area (TPSA) is 9.23 Å². The van der Waals surface area contributed by atoms with Crippen molar-refractivity contribution in [1.82, 2.24) is 0 Å². The Labute approximate surface area is 114 Å². The van der Waals surface area contributed by atoms with Gasteiger partial charge in [-0.25, -0.2) is 0 Å². The second-order valence-electron chi connectivity index (χ2n) is 4.57. The van der Waals surface area contributed by atoms with E-state index in [9.17, 15) is 0 Å². The molecule has 0 heterocycles. The van der Waals surface area contributed by atoms with Crippen LogP contribution in [0.1, 0.15) is 31.7 Å². The minimum atomic E-state index is 0.767. The van der Waals surface area contributed by atoms with E-state index in [-0.39, 0.29) is 0 Å². The van der Waals surface area contributed by atoms with Crippen LogP contribution in [0.15, 0.2) is 30.3 Å². The van der Waals surface area contributed by atoms with Crippen molar-refractivity contribution in [3.05, 3.63) is 35.9 Å². The molecule has 17 heavy (non-hydrogen) atoms. The van der Waals surface area contributed by atoms with Crippen molar-refractivity contribution in [2.45, 2.75) is 32.6 Å². The Morgan fingerprint density at radius 3 is 2.59 bits per heavy atom. The zero-order chi connectivity index (χ0) is 12.3. The predicted molar refractivity (Wildman–Crippen MR) is 77.8 cm³/mol. The van der Waals surface area contributed by atoms with Crippen LogP contribution in [0.2, 0.25) is 0 Å². The molecule has 1 rings (SSSR count). The lowest BCUT2D eigenvalue weighted by Crippen LogP contribution is -2.04. The van der Waals surface area contributed by atoms with Gasteiger partial charge >= 0.3 is 0 Å². The van der Waals surface area contributed by atoms with Gasteiger partial charge < -0.3 is 4.74 Å². The molecule has 0 aliphatic heterocycles. The molecule has 96 valence electrons. The van der Waals surface area contributed by atoms with E-state index in [4.69, 9.17) is 4.74 Å². The molecule has 0 amide bonds. The zero-order valence-corrected chi connectivity index (χ0v) is 12.3. The van der Waals surface area contributed by atoms with Crippen LogP contribution in [0.4, 0.5) is 0 Å². The number of halogens is 1. The lowest BCUT2D eigenvalue weighted by atomic mass is 10.1. The van der Waals surface area contributed by atoms with Gasteiger partial charge in [0.25, 0.3) is 0 Å². The number of ether oxygens (including phenoxy) is 1. The summed E-state index contributed by atoms with van der Waals surface area (Å²) in [6.07, 6.45) is 4.67. The maximum atomic E-state index is 5.66. The zero-order valence-electron chi connectivity index (χ0n) is 10.7. The van der Waals surface area contributed by atoms with Crippen LogP contribution in [0.5, 0.6) is 0 Å². The third-order valence-electron chi connectivity index (χ3n) is 2.95. The second kappa shape index (κ2) is 9.67. The monoisotopic (exact) mass is 298 g/mol. The van der Waals surface area contributed by atoms with Crippen molar-refractivity contribution >= 4 is 15.9 Å². The number of aryl methyl sites for hydroxylation is 1. The molecule has 0 spiro atoms. The van der Waals surface area contributed by atoms with Crippen LogP contribution >= 0.6 is 15.9 Å². The van der Waals surface area contributed by atoms with E-state index in [1.54, 1.807) is 0 Å². The van der Waals surface area contributed by atoms with Crippen LogP contribution in [-0.2, 0) is 11.2 Å². The van der Waals surface area contributed by atoms with Gasteiger partial charge in [0, 0.05) is 18.5 Å². The molecule has 1 unspecified atom stereocenters. The van der Waals surface area contributed by atoms with Gasteiger partial charge in [-0.05, 0) is 37.2 Å². The van der Waals surface area contributed by atoms with Gasteiger partial charge in [0.2, 0.25) is 0 Å². The summed E-state index contributed by atoms with van der Waals surface area (Å²) in [5.41, 5.74) is 1.41. The van der Waals surface area contributed by atoms with E-state index in [2.05, 4.69) is 53.2 Å². The fourth-order valence-electron chi connectivity index (χ4n) is 1.74. The van der Waals surface area contributed by atoms with Gasteiger partial charge in [-0.1, -0.05) is 53.2 Å². The minimum absolute atomic E-state index is 0.767. The SMILES string of the molecule is CC(CCBr)CCOCCCc1ccccc1. The molecule has 0 aliphatic rings. The number of alkyl halides is 1. The first-order valence-electron chi connectivity index (χ1n) is 6.50. The Balaban J connectivity index is 1.95. The lowest BCUT2D eigenvalue weighted by Gasteiger charge is -2.09. The average molecular weight is 299 g/mol. The highest BCUT2D eigenvalue weighted by Crippen LogP contribution is 2.09. The van der Waals surface area contributed by atoms with E-state index in [0.29, 0.717) is 0 Å². The van der Waals surface area contributed by atoms with Crippen LogP contribution < -0.4 is 0 Å². The van der Waals surface area contributed by atoms with E-state index in [1.807, 2.05) is 0 Å². The van der Waals surface area contributed by atoms with Crippen LogP contribution in [0, 0.1) is 5.92 Å². The highest BCUT2D eigenvalue weighted by Gasteiger charge is 2.00.